The normalized spacial score (nSPS) is 17.2. The molecule has 192 valence electrons. The molecule has 1 unspecified atom stereocenters. The third kappa shape index (κ3) is 4.41. The Kier molecular flexibility index (Phi) is 6.65. The van der Waals surface area contributed by atoms with Crippen LogP contribution < -0.4 is 4.90 Å². The lowest BCUT2D eigenvalue weighted by Gasteiger charge is -2.33. The molecule has 0 bridgehead atoms. The van der Waals surface area contributed by atoms with Crippen LogP contribution in [0.3, 0.4) is 0 Å². The van der Waals surface area contributed by atoms with Crippen LogP contribution in [0.25, 0.3) is 10.8 Å². The number of allylic oxidation sites excluding steroid dienone is 5. The maximum Gasteiger partial charge on any atom is 0.0454 e. The Morgan fingerprint density at radius 3 is 2.42 bits per heavy atom. The summed E-state index contributed by atoms with van der Waals surface area (Å²) in [4.78, 5) is 2.35. The maximum absolute atomic E-state index is 4.63. The number of hydrogen-bond donors (Lipinski definition) is 0. The molecule has 0 aliphatic carbocycles. The Hall–Kier alpha value is -3.84. The number of anilines is 1. The Morgan fingerprint density at radius 2 is 1.66 bits per heavy atom. The van der Waals surface area contributed by atoms with E-state index in [0.29, 0.717) is 0 Å². The Labute approximate surface area is 228 Å². The molecule has 1 heteroatoms. The van der Waals surface area contributed by atoms with E-state index in [4.69, 9.17) is 0 Å². The fourth-order valence-electron chi connectivity index (χ4n) is 6.44. The van der Waals surface area contributed by atoms with Crippen LogP contribution in [0.1, 0.15) is 48.6 Å². The Balaban J connectivity index is 1.51. The van der Waals surface area contributed by atoms with Gasteiger partial charge in [0.25, 0.3) is 0 Å². The second-order valence-corrected chi connectivity index (χ2v) is 11.6. The predicted molar refractivity (Wildman–Crippen MR) is 165 cm³/mol. The van der Waals surface area contributed by atoms with Gasteiger partial charge in [0.2, 0.25) is 0 Å². The van der Waals surface area contributed by atoms with Crippen molar-refractivity contribution in [1.29, 1.82) is 0 Å². The second kappa shape index (κ2) is 9.80. The van der Waals surface area contributed by atoms with Crippen LogP contribution in [-0.4, -0.2) is 7.05 Å². The molecule has 1 aliphatic rings. The van der Waals surface area contributed by atoms with E-state index in [1.807, 2.05) is 0 Å². The van der Waals surface area contributed by atoms with E-state index >= 15 is 0 Å². The van der Waals surface area contributed by atoms with E-state index in [2.05, 4.69) is 156 Å². The summed E-state index contributed by atoms with van der Waals surface area (Å²) in [6.45, 7) is 16.0. The van der Waals surface area contributed by atoms with Gasteiger partial charge in [-0.25, -0.2) is 0 Å². The summed E-state index contributed by atoms with van der Waals surface area (Å²) < 4.78 is 0. The molecule has 1 nitrogen and oxygen atoms in total. The van der Waals surface area contributed by atoms with Crippen molar-refractivity contribution >= 4 is 16.5 Å². The molecule has 0 radical (unpaired) electrons. The van der Waals surface area contributed by atoms with Crippen molar-refractivity contribution in [3.63, 3.8) is 0 Å². The van der Waals surface area contributed by atoms with E-state index in [-0.39, 0.29) is 10.8 Å². The van der Waals surface area contributed by atoms with Crippen LogP contribution in [0.15, 0.2) is 121 Å². The van der Waals surface area contributed by atoms with Gasteiger partial charge < -0.3 is 4.90 Å². The molecule has 0 fully saturated rings. The summed E-state index contributed by atoms with van der Waals surface area (Å²) in [5.41, 5.74) is 10.0. The molecule has 5 rings (SSSR count). The summed E-state index contributed by atoms with van der Waals surface area (Å²) in [5, 5.41) is 2.63. The zero-order chi connectivity index (χ0) is 27.1. The molecule has 4 aromatic carbocycles. The molecule has 1 heterocycles. The average molecular weight is 498 g/mol. The van der Waals surface area contributed by atoms with E-state index in [1.54, 1.807) is 0 Å². The second-order valence-electron chi connectivity index (χ2n) is 11.6. The van der Waals surface area contributed by atoms with E-state index in [0.717, 1.165) is 12.0 Å². The molecule has 0 saturated carbocycles. The third-order valence-electron chi connectivity index (χ3n) is 8.54. The molecular weight excluding hydrogens is 458 g/mol. The molecule has 0 saturated heterocycles. The molecule has 1 atom stereocenters. The van der Waals surface area contributed by atoms with Crippen molar-refractivity contribution in [2.45, 2.75) is 51.9 Å². The lowest BCUT2D eigenvalue weighted by atomic mass is 9.70. The summed E-state index contributed by atoms with van der Waals surface area (Å²) in [6.07, 6.45) is 7.62. The lowest BCUT2D eigenvalue weighted by Crippen LogP contribution is -2.27. The number of rotatable bonds is 6. The van der Waals surface area contributed by atoms with Gasteiger partial charge in [-0.2, -0.15) is 0 Å². The first-order chi connectivity index (χ1) is 18.1. The van der Waals surface area contributed by atoms with Crippen molar-refractivity contribution in [3.05, 3.63) is 149 Å². The molecule has 1 aliphatic heterocycles. The minimum absolute atomic E-state index is 0.0997. The Bertz CT molecular complexity index is 1580. The van der Waals surface area contributed by atoms with Gasteiger partial charge in [0.1, 0.15) is 0 Å². The predicted octanol–water partition coefficient (Wildman–Crippen LogP) is 9.38. The number of likely N-dealkylation sites (N-methyl/N-ethyl adjacent to an activating group) is 1. The number of nitrogens with zero attached hydrogens (tertiary/aromatic N) is 1. The zero-order valence-corrected chi connectivity index (χ0v) is 23.7. The van der Waals surface area contributed by atoms with Crippen LogP contribution in [0, 0.1) is 13.8 Å². The number of hydrogen-bond acceptors (Lipinski definition) is 1. The average Bonchev–Trinajstić information content (AvgIpc) is 3.09. The van der Waals surface area contributed by atoms with Gasteiger partial charge in [0.15, 0.2) is 0 Å². The molecule has 4 aromatic rings. The highest BCUT2D eigenvalue weighted by atomic mass is 15.2. The third-order valence-corrected chi connectivity index (χ3v) is 8.54. The van der Waals surface area contributed by atoms with Crippen molar-refractivity contribution in [3.8, 4) is 0 Å². The first-order valence-corrected chi connectivity index (χ1v) is 13.6. The van der Waals surface area contributed by atoms with Gasteiger partial charge in [-0.3, -0.25) is 0 Å². The van der Waals surface area contributed by atoms with Crippen LogP contribution in [0.2, 0.25) is 0 Å². The van der Waals surface area contributed by atoms with Gasteiger partial charge in [0.05, 0.1) is 0 Å². The Morgan fingerprint density at radius 1 is 0.921 bits per heavy atom. The standard InChI is InChI=1S/C37H39N/c1-26-14-12-17-29(24-26)25-37(6,32-20-11-8-15-27(32)2)28(3)16-13-21-34-36(4,5)35-31-19-10-9-18-30(31)22-23-33(35)38(34)7/h8-24H,3,25H2,1-2,4-7H3/b16-13+,34-21+. The monoisotopic (exact) mass is 497 g/mol. The van der Waals surface area contributed by atoms with Gasteiger partial charge in [-0.15, -0.1) is 0 Å². The quantitative estimate of drug-likeness (QED) is 0.240. The zero-order valence-electron chi connectivity index (χ0n) is 23.7. The molecular formula is C37H39N. The minimum atomic E-state index is -0.218. The number of fused-ring (bicyclic) bond motifs is 3. The minimum Gasteiger partial charge on any atom is -0.347 e. The first kappa shape index (κ1) is 25.8. The summed E-state index contributed by atoms with van der Waals surface area (Å²) in [6, 6.07) is 30.8. The van der Waals surface area contributed by atoms with Crippen LogP contribution >= 0.6 is 0 Å². The first-order valence-electron chi connectivity index (χ1n) is 13.6. The lowest BCUT2D eigenvalue weighted by molar-refractivity contribution is 0.564. The molecule has 0 aromatic heterocycles. The maximum atomic E-state index is 4.63. The van der Waals surface area contributed by atoms with E-state index < -0.39 is 0 Å². The SMILES string of the molecule is C=C(/C=C/C=C1/N(C)c2ccc3ccccc3c2C1(C)C)C(C)(Cc1cccc(C)c1)c1ccccc1C. The van der Waals surface area contributed by atoms with Crippen LogP contribution in [-0.2, 0) is 17.3 Å². The highest BCUT2D eigenvalue weighted by Crippen LogP contribution is 2.50. The molecule has 0 spiro atoms. The van der Waals surface area contributed by atoms with Gasteiger partial charge >= 0.3 is 0 Å². The van der Waals surface area contributed by atoms with E-state index in [1.165, 1.54) is 50.0 Å². The fourth-order valence-corrected chi connectivity index (χ4v) is 6.44. The number of aryl methyl sites for hydroxylation is 2. The van der Waals surface area contributed by atoms with Crippen LogP contribution in [0.4, 0.5) is 5.69 Å². The smallest absolute Gasteiger partial charge is 0.0454 e. The summed E-state index contributed by atoms with van der Waals surface area (Å²) in [7, 11) is 2.19. The van der Waals surface area contributed by atoms with Crippen molar-refractivity contribution in [2.24, 2.45) is 0 Å². The van der Waals surface area contributed by atoms with E-state index in [9.17, 15) is 0 Å². The summed E-state index contributed by atoms with van der Waals surface area (Å²) >= 11 is 0. The molecule has 38 heavy (non-hydrogen) atoms. The van der Waals surface area contributed by atoms with Crippen LogP contribution in [0.5, 0.6) is 0 Å². The molecule has 0 amide bonds. The highest BCUT2D eigenvalue weighted by molar-refractivity contribution is 5.94. The topological polar surface area (TPSA) is 3.24 Å². The van der Waals surface area contributed by atoms with Crippen molar-refractivity contribution in [2.75, 3.05) is 11.9 Å². The van der Waals surface area contributed by atoms with Gasteiger partial charge in [-0.05, 0) is 71.0 Å². The highest BCUT2D eigenvalue weighted by Gasteiger charge is 2.39. The largest absolute Gasteiger partial charge is 0.347 e. The summed E-state index contributed by atoms with van der Waals surface area (Å²) in [5.74, 6) is 0. The molecule has 0 N–H and O–H groups in total. The fraction of sp³-hybridized carbons (Fsp3) is 0.243. The van der Waals surface area contributed by atoms with Gasteiger partial charge in [-0.1, -0.05) is 124 Å². The number of benzene rings is 4. The van der Waals surface area contributed by atoms with Gasteiger partial charge in [0, 0.05) is 29.3 Å². The van der Waals surface area contributed by atoms with Crippen molar-refractivity contribution in [1.82, 2.24) is 0 Å². The van der Waals surface area contributed by atoms with Crippen molar-refractivity contribution < 1.29 is 0 Å².